The Morgan fingerprint density at radius 3 is 2.27 bits per heavy atom. The molecular weight excluding hydrogens is 474 g/mol. The Kier molecular flexibility index (Phi) is 6.45. The van der Waals surface area contributed by atoms with E-state index in [1.165, 1.54) is 24.4 Å². The van der Waals surface area contributed by atoms with Gasteiger partial charge in [0.2, 0.25) is 5.82 Å². The topological polar surface area (TPSA) is 84.8 Å². The summed E-state index contributed by atoms with van der Waals surface area (Å²) in [5.74, 6) is 1.15. The van der Waals surface area contributed by atoms with Gasteiger partial charge in [-0.3, -0.25) is 14.0 Å². The molecule has 3 rings (SSSR count). The highest BCUT2D eigenvalue weighted by Crippen LogP contribution is 2.32. The first kappa shape index (κ1) is 24.2. The lowest BCUT2D eigenvalue weighted by Crippen LogP contribution is -2.25. The average Bonchev–Trinajstić information content (AvgIpc) is 2.76. The Morgan fingerprint density at radius 2 is 1.61 bits per heavy atom. The van der Waals surface area contributed by atoms with E-state index in [1.54, 1.807) is 0 Å². The maximum atomic E-state index is 13.2. The fourth-order valence-electron chi connectivity index (χ4n) is 2.65. The van der Waals surface area contributed by atoms with Gasteiger partial charge in [-0.1, -0.05) is 6.07 Å². The monoisotopic (exact) mass is 488 g/mol. The number of nitrogens with one attached hydrogen (secondary N) is 1. The largest absolute Gasteiger partial charge is 0.451 e. The molecular formula is C20H14F6N4O2S. The van der Waals surface area contributed by atoms with Crippen LogP contribution in [0.15, 0.2) is 64.6 Å². The molecule has 3 aromatic rings. The van der Waals surface area contributed by atoms with Crippen molar-refractivity contribution in [2.45, 2.75) is 28.7 Å². The average molecular weight is 488 g/mol. The van der Waals surface area contributed by atoms with Gasteiger partial charge < -0.3 is 5.32 Å². The maximum Gasteiger partial charge on any atom is 0.451 e. The molecule has 6 nitrogen and oxygen atoms in total. The predicted octanol–water partition coefficient (Wildman–Crippen LogP) is 3.97. The normalized spacial score (nSPS) is 13.9. The SMILES string of the molecule is C=S(=O)(c1cccc(C(F)(F)F)c1)c1ccnc(CNC(=O)c2ccnc(C(F)(F)F)n2)c1. The van der Waals surface area contributed by atoms with Gasteiger partial charge in [-0.2, -0.15) is 26.3 Å². The molecule has 0 fully saturated rings. The summed E-state index contributed by atoms with van der Waals surface area (Å²) in [4.78, 5) is 22.3. The fourth-order valence-corrected chi connectivity index (χ4v) is 4.15. The maximum absolute atomic E-state index is 13.2. The van der Waals surface area contributed by atoms with Crippen LogP contribution in [-0.2, 0) is 28.4 Å². The second kappa shape index (κ2) is 8.81. The van der Waals surface area contributed by atoms with Crippen molar-refractivity contribution in [2.75, 3.05) is 0 Å². The van der Waals surface area contributed by atoms with Gasteiger partial charge in [0.15, 0.2) is 0 Å². The number of amides is 1. The molecule has 1 atom stereocenters. The van der Waals surface area contributed by atoms with Crippen molar-refractivity contribution in [3.8, 4) is 0 Å². The molecule has 0 bridgehead atoms. The van der Waals surface area contributed by atoms with Crippen LogP contribution in [0.4, 0.5) is 26.3 Å². The zero-order valence-electron chi connectivity index (χ0n) is 16.4. The number of hydrogen-bond acceptors (Lipinski definition) is 5. The molecule has 1 amide bonds. The van der Waals surface area contributed by atoms with Gasteiger partial charge in [0, 0.05) is 31.7 Å². The number of halogens is 6. The number of aromatic nitrogens is 3. The van der Waals surface area contributed by atoms with Crippen molar-refractivity contribution >= 4 is 21.3 Å². The fraction of sp³-hybridized carbons (Fsp3) is 0.150. The summed E-state index contributed by atoms with van der Waals surface area (Å²) >= 11 is 0. The lowest BCUT2D eigenvalue weighted by molar-refractivity contribution is -0.145. The Labute approximate surface area is 183 Å². The van der Waals surface area contributed by atoms with E-state index in [0.717, 1.165) is 30.5 Å². The number of carbonyl (C=O) groups is 1. The first-order valence-electron chi connectivity index (χ1n) is 8.96. The van der Waals surface area contributed by atoms with Crippen molar-refractivity contribution in [3.05, 3.63) is 77.6 Å². The minimum atomic E-state index is -4.83. The molecule has 0 saturated carbocycles. The van der Waals surface area contributed by atoms with Crippen LogP contribution in [0.2, 0.25) is 0 Å². The first-order valence-corrected chi connectivity index (χ1v) is 10.7. The Bertz CT molecular complexity index is 1290. The minimum Gasteiger partial charge on any atom is -0.345 e. The van der Waals surface area contributed by atoms with Crippen LogP contribution in [0.3, 0.4) is 0 Å². The van der Waals surface area contributed by atoms with E-state index < -0.39 is 44.9 Å². The summed E-state index contributed by atoms with van der Waals surface area (Å²) in [5.41, 5.74) is -1.37. The van der Waals surface area contributed by atoms with Gasteiger partial charge >= 0.3 is 12.4 Å². The number of pyridine rings is 1. The van der Waals surface area contributed by atoms with Gasteiger partial charge in [-0.15, -0.1) is 0 Å². The molecule has 13 heteroatoms. The number of nitrogens with zero attached hydrogens (tertiary/aromatic N) is 3. The lowest BCUT2D eigenvalue weighted by atomic mass is 10.2. The van der Waals surface area contributed by atoms with E-state index >= 15 is 0 Å². The van der Waals surface area contributed by atoms with Crippen LogP contribution in [0.1, 0.15) is 27.6 Å². The third-order valence-corrected chi connectivity index (χ3v) is 6.31. The summed E-state index contributed by atoms with van der Waals surface area (Å²) in [6.07, 6.45) is -7.45. The van der Waals surface area contributed by atoms with Gasteiger partial charge in [0.05, 0.1) is 17.8 Å². The summed E-state index contributed by atoms with van der Waals surface area (Å²) < 4.78 is 90.3. The molecule has 0 aliphatic rings. The molecule has 1 unspecified atom stereocenters. The van der Waals surface area contributed by atoms with E-state index in [4.69, 9.17) is 0 Å². The van der Waals surface area contributed by atoms with Crippen LogP contribution in [-0.4, -0.2) is 30.9 Å². The Morgan fingerprint density at radius 1 is 0.939 bits per heavy atom. The quantitative estimate of drug-likeness (QED) is 0.434. The van der Waals surface area contributed by atoms with Crippen molar-refractivity contribution in [3.63, 3.8) is 0 Å². The van der Waals surface area contributed by atoms with E-state index in [1.807, 2.05) is 0 Å². The molecule has 33 heavy (non-hydrogen) atoms. The molecule has 0 radical (unpaired) electrons. The Balaban J connectivity index is 1.80. The van der Waals surface area contributed by atoms with Crippen LogP contribution in [0.25, 0.3) is 0 Å². The van der Waals surface area contributed by atoms with Gasteiger partial charge in [-0.05, 0) is 42.3 Å². The molecule has 2 aromatic heterocycles. The standard InChI is InChI=1S/C20H14F6N4O2S/c1-33(32,14-4-2-3-12(9-14)19(21,22)23)15-5-7-27-13(10-15)11-29-17(31)16-6-8-28-18(30-16)20(24,25)26/h2-10H,1,11H2,(H,29,31). The van der Waals surface area contributed by atoms with Crippen molar-refractivity contribution < 1.29 is 35.3 Å². The first-order chi connectivity index (χ1) is 15.3. The van der Waals surface area contributed by atoms with Crippen molar-refractivity contribution in [2.24, 2.45) is 0 Å². The number of benzene rings is 1. The molecule has 0 aliphatic heterocycles. The van der Waals surface area contributed by atoms with Crippen molar-refractivity contribution in [1.82, 2.24) is 20.3 Å². The smallest absolute Gasteiger partial charge is 0.345 e. The van der Waals surface area contributed by atoms with Gasteiger partial charge in [0.1, 0.15) is 5.69 Å². The second-order valence-corrected chi connectivity index (χ2v) is 8.92. The summed E-state index contributed by atoms with van der Waals surface area (Å²) in [6.45, 7) is -0.282. The number of rotatable bonds is 5. The third-order valence-electron chi connectivity index (χ3n) is 4.28. The summed E-state index contributed by atoms with van der Waals surface area (Å²) in [5, 5.41) is 2.32. The summed E-state index contributed by atoms with van der Waals surface area (Å²) in [7, 11) is -3.36. The lowest BCUT2D eigenvalue weighted by Gasteiger charge is -2.14. The highest BCUT2D eigenvalue weighted by atomic mass is 32.2. The molecule has 0 spiro atoms. The highest BCUT2D eigenvalue weighted by molar-refractivity contribution is 8.00. The number of alkyl halides is 6. The number of carbonyl (C=O) groups excluding carboxylic acids is 1. The van der Waals surface area contributed by atoms with Gasteiger partial charge in [-0.25, -0.2) is 9.97 Å². The molecule has 0 saturated heterocycles. The summed E-state index contributed by atoms with van der Waals surface area (Å²) in [6, 6.07) is 7.51. The molecule has 1 N–H and O–H groups in total. The van der Waals surface area contributed by atoms with Crippen LogP contribution >= 0.6 is 0 Å². The molecule has 2 heterocycles. The number of hydrogen-bond donors (Lipinski definition) is 1. The van der Waals surface area contributed by atoms with Crippen molar-refractivity contribution in [1.29, 1.82) is 0 Å². The zero-order chi connectivity index (χ0) is 24.4. The van der Waals surface area contributed by atoms with Gasteiger partial charge in [0.25, 0.3) is 5.91 Å². The van der Waals surface area contributed by atoms with Crippen LogP contribution in [0, 0.1) is 0 Å². The van der Waals surface area contributed by atoms with Crippen LogP contribution in [0.5, 0.6) is 0 Å². The minimum absolute atomic E-state index is 0.0578. The highest BCUT2D eigenvalue weighted by Gasteiger charge is 2.35. The third kappa shape index (κ3) is 5.66. The van der Waals surface area contributed by atoms with Crippen LogP contribution < -0.4 is 5.32 Å². The Hall–Kier alpha value is -3.48. The van der Waals surface area contributed by atoms with E-state index in [9.17, 15) is 35.3 Å². The second-order valence-electron chi connectivity index (χ2n) is 6.63. The van der Waals surface area contributed by atoms with E-state index in [-0.39, 0.29) is 22.0 Å². The zero-order valence-corrected chi connectivity index (χ0v) is 17.3. The van der Waals surface area contributed by atoms with E-state index in [0.29, 0.717) is 0 Å². The van der Waals surface area contributed by atoms with E-state index in [2.05, 4.69) is 26.1 Å². The molecule has 174 valence electrons. The molecule has 1 aromatic carbocycles. The predicted molar refractivity (Wildman–Crippen MR) is 106 cm³/mol. The molecule has 0 aliphatic carbocycles.